The van der Waals surface area contributed by atoms with Crippen LogP contribution in [0.15, 0.2) is 42.6 Å². The molecule has 4 heterocycles. The zero-order chi connectivity index (χ0) is 24.5. The van der Waals surface area contributed by atoms with Crippen LogP contribution in [0.3, 0.4) is 0 Å². The van der Waals surface area contributed by atoms with Crippen LogP contribution >= 0.6 is 11.3 Å². The summed E-state index contributed by atoms with van der Waals surface area (Å²) in [5.41, 5.74) is 2.25. The van der Waals surface area contributed by atoms with Crippen molar-refractivity contribution >= 4 is 44.4 Å². The SMILES string of the molecule is C#CCNC(=O)n1c(C)cc2cc(Oc3ccnc4cc(C(=O)N5CCCC5OC)sc34)ccc21. The summed E-state index contributed by atoms with van der Waals surface area (Å²) in [5.74, 6) is 3.59. The van der Waals surface area contributed by atoms with Crippen LogP contribution in [-0.2, 0) is 4.74 Å². The Kier molecular flexibility index (Phi) is 6.16. The van der Waals surface area contributed by atoms with Gasteiger partial charge >= 0.3 is 6.03 Å². The fourth-order valence-corrected chi connectivity index (χ4v) is 5.47. The Labute approximate surface area is 206 Å². The number of carbonyl (C=O) groups is 2. The van der Waals surface area contributed by atoms with E-state index in [0.29, 0.717) is 28.4 Å². The maximum Gasteiger partial charge on any atom is 0.327 e. The molecule has 0 aliphatic carbocycles. The van der Waals surface area contributed by atoms with Crippen molar-refractivity contribution in [3.8, 4) is 23.8 Å². The molecule has 0 saturated carbocycles. The molecule has 5 rings (SSSR count). The van der Waals surface area contributed by atoms with Gasteiger partial charge in [0.05, 0.1) is 27.2 Å². The number of aryl methyl sites for hydroxylation is 1. The molecule has 1 aromatic carbocycles. The van der Waals surface area contributed by atoms with Gasteiger partial charge in [-0.1, -0.05) is 5.92 Å². The molecule has 0 spiro atoms. The quantitative estimate of drug-likeness (QED) is 0.410. The largest absolute Gasteiger partial charge is 0.456 e. The van der Waals surface area contributed by atoms with Gasteiger partial charge in [-0.3, -0.25) is 14.3 Å². The highest BCUT2D eigenvalue weighted by molar-refractivity contribution is 7.21. The van der Waals surface area contributed by atoms with E-state index in [1.54, 1.807) is 28.8 Å². The number of fused-ring (bicyclic) bond motifs is 2. The van der Waals surface area contributed by atoms with Gasteiger partial charge < -0.3 is 19.7 Å². The zero-order valence-electron chi connectivity index (χ0n) is 19.4. The van der Waals surface area contributed by atoms with Crippen LogP contribution in [-0.4, -0.2) is 52.8 Å². The molecular formula is C26H24N4O4S. The smallest absolute Gasteiger partial charge is 0.327 e. The van der Waals surface area contributed by atoms with E-state index in [-0.39, 0.29) is 24.7 Å². The van der Waals surface area contributed by atoms with E-state index < -0.39 is 0 Å². The van der Waals surface area contributed by atoms with Gasteiger partial charge in [0.2, 0.25) is 0 Å². The monoisotopic (exact) mass is 488 g/mol. The summed E-state index contributed by atoms with van der Waals surface area (Å²) in [6.45, 7) is 2.70. The Morgan fingerprint density at radius 2 is 2.14 bits per heavy atom. The highest BCUT2D eigenvalue weighted by Gasteiger charge is 2.30. The van der Waals surface area contributed by atoms with Gasteiger partial charge in [0, 0.05) is 37.0 Å². The third kappa shape index (κ3) is 4.22. The topological polar surface area (TPSA) is 85.7 Å². The van der Waals surface area contributed by atoms with Crippen LogP contribution in [0.4, 0.5) is 4.79 Å². The maximum absolute atomic E-state index is 13.1. The van der Waals surface area contributed by atoms with Crippen molar-refractivity contribution in [2.45, 2.75) is 26.0 Å². The molecule has 1 aliphatic rings. The Hall–Kier alpha value is -3.87. The minimum absolute atomic E-state index is 0.0513. The van der Waals surface area contributed by atoms with Crippen LogP contribution in [0, 0.1) is 19.3 Å². The number of ether oxygens (including phenoxy) is 2. The first-order chi connectivity index (χ1) is 17.0. The Morgan fingerprint density at radius 1 is 1.29 bits per heavy atom. The van der Waals surface area contributed by atoms with Gasteiger partial charge in [0.25, 0.3) is 5.91 Å². The maximum atomic E-state index is 13.1. The molecule has 1 unspecified atom stereocenters. The highest BCUT2D eigenvalue weighted by atomic mass is 32.1. The minimum atomic E-state index is -0.274. The lowest BCUT2D eigenvalue weighted by Crippen LogP contribution is -2.36. The first-order valence-corrected chi connectivity index (χ1v) is 12.1. The van der Waals surface area contributed by atoms with Crippen molar-refractivity contribution in [1.82, 2.24) is 19.8 Å². The summed E-state index contributed by atoms with van der Waals surface area (Å²) in [5, 5.41) is 3.56. The second-order valence-corrected chi connectivity index (χ2v) is 9.32. The van der Waals surface area contributed by atoms with Crippen LogP contribution < -0.4 is 10.1 Å². The number of hydrogen-bond donors (Lipinski definition) is 1. The zero-order valence-corrected chi connectivity index (χ0v) is 20.2. The van der Waals surface area contributed by atoms with Crippen molar-refractivity contribution in [1.29, 1.82) is 0 Å². The number of methoxy groups -OCH3 is 1. The Bertz CT molecular complexity index is 1480. The fourth-order valence-electron chi connectivity index (χ4n) is 4.45. The summed E-state index contributed by atoms with van der Waals surface area (Å²) in [7, 11) is 1.63. The molecule has 178 valence electrons. The van der Waals surface area contributed by atoms with E-state index in [2.05, 4.69) is 16.2 Å². The van der Waals surface area contributed by atoms with Crippen molar-refractivity contribution in [2.75, 3.05) is 20.2 Å². The third-order valence-electron chi connectivity index (χ3n) is 6.05. The molecule has 9 heteroatoms. The summed E-state index contributed by atoms with van der Waals surface area (Å²) >= 11 is 1.36. The molecular weight excluding hydrogens is 464 g/mol. The first-order valence-electron chi connectivity index (χ1n) is 11.2. The lowest BCUT2D eigenvalue weighted by molar-refractivity contribution is 0.00195. The number of nitrogens with one attached hydrogen (secondary N) is 1. The lowest BCUT2D eigenvalue weighted by Gasteiger charge is -2.22. The standard InChI is InChI=1S/C26H24N4O4S/c1-4-10-28-26(32)30-16(2)13-17-14-18(7-8-20(17)30)34-21-9-11-27-19-15-22(35-24(19)21)25(31)29-12-5-6-23(29)33-3/h1,7-9,11,13-15,23H,5-6,10,12H2,2-3H3,(H,28,32). The van der Waals surface area contributed by atoms with E-state index in [0.717, 1.165) is 34.1 Å². The van der Waals surface area contributed by atoms with Crippen LogP contribution in [0.5, 0.6) is 11.5 Å². The molecule has 3 aromatic heterocycles. The van der Waals surface area contributed by atoms with Gasteiger partial charge in [0.15, 0.2) is 0 Å². The van der Waals surface area contributed by atoms with Crippen molar-refractivity contribution in [3.63, 3.8) is 0 Å². The molecule has 1 fully saturated rings. The third-order valence-corrected chi connectivity index (χ3v) is 7.17. The van der Waals surface area contributed by atoms with Gasteiger partial charge in [-0.15, -0.1) is 17.8 Å². The predicted octanol–water partition coefficient (Wildman–Crippen LogP) is 4.75. The van der Waals surface area contributed by atoms with Crippen LogP contribution in [0.1, 0.15) is 28.2 Å². The number of thiophene rings is 1. The van der Waals surface area contributed by atoms with Crippen LogP contribution in [0.2, 0.25) is 0 Å². The lowest BCUT2D eigenvalue weighted by atomic mass is 10.2. The molecule has 1 saturated heterocycles. The minimum Gasteiger partial charge on any atom is -0.456 e. The average molecular weight is 489 g/mol. The number of benzene rings is 1. The molecule has 1 atom stereocenters. The van der Waals surface area contributed by atoms with Gasteiger partial charge in [0.1, 0.15) is 17.7 Å². The van der Waals surface area contributed by atoms with Crippen molar-refractivity contribution in [2.24, 2.45) is 0 Å². The molecule has 2 amide bonds. The number of rotatable bonds is 5. The number of aromatic nitrogens is 2. The first kappa shape index (κ1) is 22.9. The fraction of sp³-hybridized carbons (Fsp3) is 0.269. The van der Waals surface area contributed by atoms with E-state index in [9.17, 15) is 9.59 Å². The molecule has 4 aromatic rings. The number of amides is 2. The number of hydrogen-bond acceptors (Lipinski definition) is 6. The van der Waals surface area contributed by atoms with E-state index in [1.165, 1.54) is 11.3 Å². The van der Waals surface area contributed by atoms with Gasteiger partial charge in [-0.2, -0.15) is 0 Å². The summed E-state index contributed by atoms with van der Waals surface area (Å²) < 4.78 is 14.1. The predicted molar refractivity (Wildman–Crippen MR) is 135 cm³/mol. The summed E-state index contributed by atoms with van der Waals surface area (Å²) in [6.07, 6.45) is 8.51. The van der Waals surface area contributed by atoms with E-state index in [1.807, 2.05) is 37.3 Å². The Morgan fingerprint density at radius 3 is 2.94 bits per heavy atom. The summed E-state index contributed by atoms with van der Waals surface area (Å²) in [4.78, 5) is 32.4. The van der Waals surface area contributed by atoms with Crippen molar-refractivity contribution in [3.05, 3.63) is 53.2 Å². The van der Waals surface area contributed by atoms with Gasteiger partial charge in [-0.05, 0) is 50.1 Å². The highest BCUT2D eigenvalue weighted by Crippen LogP contribution is 2.37. The van der Waals surface area contributed by atoms with E-state index >= 15 is 0 Å². The average Bonchev–Trinajstić information content (AvgIpc) is 3.58. The second kappa shape index (κ2) is 9.41. The molecule has 35 heavy (non-hydrogen) atoms. The van der Waals surface area contributed by atoms with E-state index in [4.69, 9.17) is 15.9 Å². The van der Waals surface area contributed by atoms with Crippen LogP contribution in [0.25, 0.3) is 21.1 Å². The van der Waals surface area contributed by atoms with Gasteiger partial charge in [-0.25, -0.2) is 4.79 Å². The Balaban J connectivity index is 1.43. The molecule has 8 nitrogen and oxygen atoms in total. The molecule has 0 bridgehead atoms. The van der Waals surface area contributed by atoms with Crippen molar-refractivity contribution < 1.29 is 19.1 Å². The number of pyridine rings is 1. The summed E-state index contributed by atoms with van der Waals surface area (Å²) in [6, 6.07) is 10.8. The normalized spacial score (nSPS) is 15.5. The number of carbonyl (C=O) groups excluding carboxylic acids is 2. The number of likely N-dealkylation sites (tertiary alicyclic amines) is 1. The molecule has 1 N–H and O–H groups in total. The number of nitrogens with zero attached hydrogens (tertiary/aromatic N) is 3. The second-order valence-electron chi connectivity index (χ2n) is 8.27. The number of terminal acetylenes is 1. The molecule has 1 aliphatic heterocycles. The molecule has 0 radical (unpaired) electrons.